The van der Waals surface area contributed by atoms with Crippen LogP contribution < -0.4 is 11.1 Å². The van der Waals surface area contributed by atoms with Crippen LogP contribution in [0.3, 0.4) is 0 Å². The summed E-state index contributed by atoms with van der Waals surface area (Å²) in [5, 5.41) is 3.43. The second kappa shape index (κ2) is 5.64. The van der Waals surface area contributed by atoms with Crippen LogP contribution in [-0.2, 0) is 0 Å². The Balaban J connectivity index is 2.54. The molecule has 0 aliphatic carbocycles. The van der Waals surface area contributed by atoms with E-state index < -0.39 is 0 Å². The van der Waals surface area contributed by atoms with Gasteiger partial charge in [0.2, 0.25) is 0 Å². The van der Waals surface area contributed by atoms with Crippen molar-refractivity contribution in [3.8, 4) is 0 Å². The average molecular weight is 206 g/mol. The highest BCUT2D eigenvalue weighted by molar-refractivity contribution is 5.58. The fraction of sp³-hybridized carbons (Fsp3) is 0.538. The average Bonchev–Trinajstić information content (AvgIpc) is 2.24. The second-order valence-corrected chi connectivity index (χ2v) is 4.13. The van der Waals surface area contributed by atoms with Gasteiger partial charge in [-0.25, -0.2) is 0 Å². The zero-order valence-corrected chi connectivity index (χ0v) is 10.0. The molecule has 2 heteroatoms. The molecule has 0 fully saturated rings. The minimum Gasteiger partial charge on any atom is -0.398 e. The quantitative estimate of drug-likeness (QED) is 0.724. The lowest BCUT2D eigenvalue weighted by Crippen LogP contribution is -2.12. The highest BCUT2D eigenvalue weighted by Crippen LogP contribution is 2.18. The lowest BCUT2D eigenvalue weighted by atomic mass is 10.0. The summed E-state index contributed by atoms with van der Waals surface area (Å²) in [5.41, 5.74) is 8.99. The van der Waals surface area contributed by atoms with Gasteiger partial charge < -0.3 is 11.1 Å². The van der Waals surface area contributed by atoms with Gasteiger partial charge in [-0.1, -0.05) is 32.8 Å². The number of nitrogens with two attached hydrogens (primary N) is 1. The monoisotopic (exact) mass is 206 g/mol. The maximum Gasteiger partial charge on any atom is 0.0364 e. The molecule has 1 aromatic carbocycles. The lowest BCUT2D eigenvalue weighted by molar-refractivity contribution is 0.519. The normalized spacial score (nSPS) is 10.7. The van der Waals surface area contributed by atoms with E-state index in [2.05, 4.69) is 31.3 Å². The lowest BCUT2D eigenvalue weighted by Gasteiger charge is -2.14. The molecule has 1 aromatic rings. The Kier molecular flexibility index (Phi) is 4.47. The molecule has 15 heavy (non-hydrogen) atoms. The number of anilines is 2. The third-order valence-electron chi connectivity index (χ3n) is 3.03. The molecule has 0 aliphatic heterocycles. The van der Waals surface area contributed by atoms with E-state index >= 15 is 0 Å². The predicted octanol–water partition coefficient (Wildman–Crippen LogP) is 3.43. The van der Waals surface area contributed by atoms with Crippen LogP contribution in [0.1, 0.15) is 32.3 Å². The fourth-order valence-corrected chi connectivity index (χ4v) is 1.59. The highest BCUT2D eigenvalue weighted by atomic mass is 14.9. The summed E-state index contributed by atoms with van der Waals surface area (Å²) in [4.78, 5) is 0. The standard InChI is InChI=1S/C13H22N2/c1-4-11(5-2)9-15-12-7-6-10(3)13(14)8-12/h6-8,11,15H,4-5,9,14H2,1-3H3. The van der Waals surface area contributed by atoms with Crippen LogP contribution in [0.4, 0.5) is 11.4 Å². The van der Waals surface area contributed by atoms with Gasteiger partial charge in [-0.2, -0.15) is 0 Å². The van der Waals surface area contributed by atoms with Gasteiger partial charge in [0, 0.05) is 17.9 Å². The fourth-order valence-electron chi connectivity index (χ4n) is 1.59. The van der Waals surface area contributed by atoms with Gasteiger partial charge in [0.15, 0.2) is 0 Å². The van der Waals surface area contributed by atoms with Crippen molar-refractivity contribution in [3.05, 3.63) is 23.8 Å². The van der Waals surface area contributed by atoms with Crippen LogP contribution in [0.25, 0.3) is 0 Å². The third kappa shape index (κ3) is 3.46. The summed E-state index contributed by atoms with van der Waals surface area (Å²) in [6.07, 6.45) is 2.45. The van der Waals surface area contributed by atoms with Crippen molar-refractivity contribution in [3.63, 3.8) is 0 Å². The van der Waals surface area contributed by atoms with Gasteiger partial charge in [-0.15, -0.1) is 0 Å². The van der Waals surface area contributed by atoms with Gasteiger partial charge in [-0.05, 0) is 30.5 Å². The van der Waals surface area contributed by atoms with E-state index in [1.54, 1.807) is 0 Å². The summed E-state index contributed by atoms with van der Waals surface area (Å²) in [6, 6.07) is 6.16. The zero-order chi connectivity index (χ0) is 11.3. The van der Waals surface area contributed by atoms with Gasteiger partial charge in [0.25, 0.3) is 0 Å². The van der Waals surface area contributed by atoms with Crippen molar-refractivity contribution < 1.29 is 0 Å². The number of benzene rings is 1. The van der Waals surface area contributed by atoms with Crippen molar-refractivity contribution >= 4 is 11.4 Å². The van der Waals surface area contributed by atoms with Gasteiger partial charge in [-0.3, -0.25) is 0 Å². The molecule has 0 amide bonds. The van der Waals surface area contributed by atoms with Gasteiger partial charge in [0.1, 0.15) is 0 Å². The van der Waals surface area contributed by atoms with Crippen LogP contribution in [-0.4, -0.2) is 6.54 Å². The van der Waals surface area contributed by atoms with Crippen LogP contribution in [0.15, 0.2) is 18.2 Å². The van der Waals surface area contributed by atoms with Crippen molar-refractivity contribution in [2.75, 3.05) is 17.6 Å². The molecular weight excluding hydrogens is 184 g/mol. The van der Waals surface area contributed by atoms with E-state index in [1.807, 2.05) is 13.0 Å². The largest absolute Gasteiger partial charge is 0.398 e. The van der Waals surface area contributed by atoms with E-state index in [4.69, 9.17) is 5.73 Å². The van der Waals surface area contributed by atoms with Crippen molar-refractivity contribution in [2.24, 2.45) is 5.92 Å². The molecule has 84 valence electrons. The van der Waals surface area contributed by atoms with Crippen LogP contribution in [0, 0.1) is 12.8 Å². The maximum absolute atomic E-state index is 5.85. The minimum atomic E-state index is 0.757. The minimum absolute atomic E-state index is 0.757. The molecular formula is C13H22N2. The topological polar surface area (TPSA) is 38.0 Å². The third-order valence-corrected chi connectivity index (χ3v) is 3.03. The molecule has 2 nitrogen and oxygen atoms in total. The van der Waals surface area contributed by atoms with E-state index in [-0.39, 0.29) is 0 Å². The Morgan fingerprint density at radius 1 is 1.27 bits per heavy atom. The predicted molar refractivity (Wildman–Crippen MR) is 68.2 cm³/mol. The summed E-state index contributed by atoms with van der Waals surface area (Å²) < 4.78 is 0. The molecule has 0 atom stereocenters. The van der Waals surface area contributed by atoms with Crippen molar-refractivity contribution in [2.45, 2.75) is 33.6 Å². The molecule has 1 rings (SSSR count). The molecule has 0 saturated carbocycles. The molecule has 0 unspecified atom stereocenters. The van der Waals surface area contributed by atoms with Gasteiger partial charge >= 0.3 is 0 Å². The van der Waals surface area contributed by atoms with Crippen molar-refractivity contribution in [1.29, 1.82) is 0 Å². The number of aryl methyl sites for hydroxylation is 1. The number of rotatable bonds is 5. The number of nitrogens with one attached hydrogen (secondary N) is 1. The summed E-state index contributed by atoms with van der Waals surface area (Å²) in [5.74, 6) is 0.757. The summed E-state index contributed by atoms with van der Waals surface area (Å²) in [6.45, 7) is 7.54. The van der Waals surface area contributed by atoms with E-state index in [9.17, 15) is 0 Å². The summed E-state index contributed by atoms with van der Waals surface area (Å²) >= 11 is 0. The van der Waals surface area contributed by atoms with E-state index in [0.29, 0.717) is 0 Å². The molecule has 0 heterocycles. The molecule has 0 bridgehead atoms. The van der Waals surface area contributed by atoms with E-state index in [0.717, 1.165) is 29.4 Å². The first-order valence-corrected chi connectivity index (χ1v) is 5.77. The number of hydrogen-bond donors (Lipinski definition) is 2. The Morgan fingerprint density at radius 2 is 1.93 bits per heavy atom. The van der Waals surface area contributed by atoms with Crippen LogP contribution in [0.5, 0.6) is 0 Å². The van der Waals surface area contributed by atoms with Crippen LogP contribution in [0.2, 0.25) is 0 Å². The van der Waals surface area contributed by atoms with Crippen molar-refractivity contribution in [1.82, 2.24) is 0 Å². The Hall–Kier alpha value is -1.18. The van der Waals surface area contributed by atoms with Gasteiger partial charge in [0.05, 0.1) is 0 Å². The Bertz CT molecular complexity index is 303. The first-order valence-electron chi connectivity index (χ1n) is 5.77. The Morgan fingerprint density at radius 3 is 2.47 bits per heavy atom. The molecule has 0 spiro atoms. The molecule has 0 radical (unpaired) electrons. The number of hydrogen-bond acceptors (Lipinski definition) is 2. The molecule has 0 aliphatic rings. The second-order valence-electron chi connectivity index (χ2n) is 4.13. The molecule has 0 saturated heterocycles. The Labute approximate surface area is 92.9 Å². The van der Waals surface area contributed by atoms with Crippen LogP contribution >= 0.6 is 0 Å². The maximum atomic E-state index is 5.85. The SMILES string of the molecule is CCC(CC)CNc1ccc(C)c(N)c1. The van der Waals surface area contributed by atoms with E-state index in [1.165, 1.54) is 12.8 Å². The molecule has 0 aromatic heterocycles. The smallest absolute Gasteiger partial charge is 0.0364 e. The first-order chi connectivity index (χ1) is 7.17. The zero-order valence-electron chi connectivity index (χ0n) is 10.0. The number of nitrogen functional groups attached to an aromatic ring is 1. The summed E-state index contributed by atoms with van der Waals surface area (Å²) in [7, 11) is 0. The molecule has 3 N–H and O–H groups in total. The highest BCUT2D eigenvalue weighted by Gasteiger charge is 2.03. The first kappa shape index (κ1) is 11.9.